The van der Waals surface area contributed by atoms with E-state index in [4.69, 9.17) is 27.9 Å². The number of rotatable bonds is 16. The van der Waals surface area contributed by atoms with Crippen LogP contribution in [-0.2, 0) is 27.7 Å². The molecule has 0 aliphatic carbocycles. The van der Waals surface area contributed by atoms with Crippen LogP contribution >= 0.6 is 23.2 Å². The number of aryl methyl sites for hydroxylation is 4. The third-order valence-corrected chi connectivity index (χ3v) is 10.2. The predicted molar refractivity (Wildman–Crippen MR) is 191 cm³/mol. The standard InChI is InChI=1S/C36H38Cl2N4O5S/c1-23-19-29(20-24(2)34(23)38)47-17-8-12-31-30-16-13-26(37)21-33(30)39-35(31)36(44)42-48(45,46)18-7-6-11-28(43)15-14-27-22-32(41-40-27)25-9-4-3-5-10-25/h3-5,9-10,13,16,19-22,39H,6-8,11-12,14-15,17-18H2,1-2H3,(H,40,41)(H,42,44). The zero-order chi connectivity index (χ0) is 34.3. The summed E-state index contributed by atoms with van der Waals surface area (Å²) in [7, 11) is -3.95. The highest BCUT2D eigenvalue weighted by Gasteiger charge is 2.22. The lowest BCUT2D eigenvalue weighted by Gasteiger charge is -2.11. The number of amides is 1. The highest BCUT2D eigenvalue weighted by Crippen LogP contribution is 2.28. The maximum Gasteiger partial charge on any atom is 0.281 e. The molecule has 0 aliphatic rings. The van der Waals surface area contributed by atoms with Crippen molar-refractivity contribution in [2.24, 2.45) is 0 Å². The van der Waals surface area contributed by atoms with Gasteiger partial charge in [-0.1, -0.05) is 59.6 Å². The average molecular weight is 710 g/mol. The van der Waals surface area contributed by atoms with Crippen molar-refractivity contribution in [1.29, 1.82) is 0 Å². The van der Waals surface area contributed by atoms with Crippen LogP contribution in [0, 0.1) is 13.8 Å². The van der Waals surface area contributed by atoms with Crippen molar-refractivity contribution in [2.45, 2.75) is 58.8 Å². The van der Waals surface area contributed by atoms with Gasteiger partial charge in [-0.2, -0.15) is 5.10 Å². The van der Waals surface area contributed by atoms with Crippen LogP contribution in [-0.4, -0.2) is 47.6 Å². The summed E-state index contributed by atoms with van der Waals surface area (Å²) in [6.45, 7) is 4.22. The SMILES string of the molecule is Cc1cc(OCCCc2c(C(=O)NS(=O)(=O)CCCCC(=O)CCc3cc(-c4ccccc4)n[nH]3)[nH]c3cc(Cl)ccc23)cc(C)c1Cl. The first-order valence-corrected chi connectivity index (χ1v) is 18.3. The third-order valence-electron chi connectivity index (χ3n) is 8.09. The molecule has 0 unspecified atom stereocenters. The molecule has 12 heteroatoms. The maximum atomic E-state index is 13.3. The Hall–Kier alpha value is -4.12. The van der Waals surface area contributed by atoms with Gasteiger partial charge in [-0.15, -0.1) is 0 Å². The zero-order valence-electron chi connectivity index (χ0n) is 26.9. The Labute approximate surface area is 290 Å². The maximum absolute atomic E-state index is 13.3. The number of ketones is 1. The summed E-state index contributed by atoms with van der Waals surface area (Å²) in [4.78, 5) is 28.8. The lowest BCUT2D eigenvalue weighted by Crippen LogP contribution is -2.33. The second-order valence-corrected chi connectivity index (χ2v) is 14.5. The molecule has 5 aromatic rings. The zero-order valence-corrected chi connectivity index (χ0v) is 29.2. The Morgan fingerprint density at radius 3 is 2.40 bits per heavy atom. The van der Waals surface area contributed by atoms with Crippen molar-refractivity contribution in [3.63, 3.8) is 0 Å². The minimum atomic E-state index is -3.95. The van der Waals surface area contributed by atoms with E-state index >= 15 is 0 Å². The molecular weight excluding hydrogens is 671 g/mol. The molecule has 0 atom stereocenters. The lowest BCUT2D eigenvalue weighted by atomic mass is 10.1. The van der Waals surface area contributed by atoms with Gasteiger partial charge >= 0.3 is 0 Å². The number of H-pyrrole nitrogens is 2. The molecule has 0 radical (unpaired) electrons. The molecule has 0 aliphatic heterocycles. The largest absolute Gasteiger partial charge is 0.494 e. The van der Waals surface area contributed by atoms with Crippen molar-refractivity contribution >= 4 is 55.8 Å². The molecule has 3 aromatic carbocycles. The predicted octanol–water partition coefficient (Wildman–Crippen LogP) is 7.93. The van der Waals surface area contributed by atoms with E-state index in [9.17, 15) is 18.0 Å². The van der Waals surface area contributed by atoms with Crippen LogP contribution in [0.1, 0.15) is 65.0 Å². The number of aromatic amines is 2. The quantitative estimate of drug-likeness (QED) is 0.0892. The number of halogens is 2. The van der Waals surface area contributed by atoms with Gasteiger partial charge in [0.05, 0.1) is 18.1 Å². The number of fused-ring (bicyclic) bond motifs is 1. The first-order valence-electron chi connectivity index (χ1n) is 15.8. The second-order valence-electron chi connectivity index (χ2n) is 11.9. The summed E-state index contributed by atoms with van der Waals surface area (Å²) in [5.74, 6) is -0.268. The number of nitrogens with one attached hydrogen (secondary N) is 3. The van der Waals surface area contributed by atoms with Crippen LogP contribution in [0.2, 0.25) is 10.0 Å². The first-order chi connectivity index (χ1) is 23.0. The Bertz CT molecular complexity index is 2000. The van der Waals surface area contributed by atoms with Crippen molar-refractivity contribution in [3.05, 3.63) is 105 Å². The van der Waals surface area contributed by atoms with E-state index < -0.39 is 15.9 Å². The van der Waals surface area contributed by atoms with Crippen LogP contribution in [0.4, 0.5) is 0 Å². The van der Waals surface area contributed by atoms with Gasteiger partial charge in [0.1, 0.15) is 17.2 Å². The summed E-state index contributed by atoms with van der Waals surface area (Å²) in [5.41, 5.74) is 6.01. The molecule has 0 saturated heterocycles. The number of hydrogen-bond donors (Lipinski definition) is 3. The van der Waals surface area contributed by atoms with Crippen LogP contribution < -0.4 is 9.46 Å². The number of benzene rings is 3. The summed E-state index contributed by atoms with van der Waals surface area (Å²) in [5, 5.41) is 9.27. The lowest BCUT2D eigenvalue weighted by molar-refractivity contribution is -0.119. The van der Waals surface area contributed by atoms with Gasteiger partial charge < -0.3 is 9.72 Å². The third kappa shape index (κ3) is 9.27. The molecule has 252 valence electrons. The molecule has 0 spiro atoms. The summed E-state index contributed by atoms with van der Waals surface area (Å²) in [6.07, 6.45) is 2.79. The number of ether oxygens (including phenoxy) is 1. The number of aromatic nitrogens is 3. The van der Waals surface area contributed by atoms with E-state index in [0.29, 0.717) is 65.6 Å². The fourth-order valence-electron chi connectivity index (χ4n) is 5.61. The molecule has 5 rings (SSSR count). The van der Waals surface area contributed by atoms with Crippen molar-refractivity contribution in [3.8, 4) is 17.0 Å². The molecule has 0 fully saturated rings. The number of carbonyl (C=O) groups is 2. The number of Topliss-reactive ketones (excluding diaryl/α,β-unsaturated/α-hetero) is 1. The highest BCUT2D eigenvalue weighted by atomic mass is 35.5. The van der Waals surface area contributed by atoms with E-state index in [1.54, 1.807) is 12.1 Å². The molecule has 0 bridgehead atoms. The molecule has 2 heterocycles. The monoisotopic (exact) mass is 708 g/mol. The normalized spacial score (nSPS) is 11.6. The Balaban J connectivity index is 1.11. The van der Waals surface area contributed by atoms with E-state index in [0.717, 1.165) is 33.5 Å². The smallest absolute Gasteiger partial charge is 0.281 e. The van der Waals surface area contributed by atoms with Crippen LogP contribution in [0.3, 0.4) is 0 Å². The summed E-state index contributed by atoms with van der Waals surface area (Å²) >= 11 is 12.5. The van der Waals surface area contributed by atoms with Gasteiger partial charge in [0.25, 0.3) is 5.91 Å². The van der Waals surface area contributed by atoms with Crippen LogP contribution in [0.25, 0.3) is 22.2 Å². The number of carbonyl (C=O) groups excluding carboxylic acids is 2. The molecule has 48 heavy (non-hydrogen) atoms. The molecule has 9 nitrogen and oxygen atoms in total. The van der Waals surface area contributed by atoms with Crippen LogP contribution in [0.15, 0.2) is 66.7 Å². The van der Waals surface area contributed by atoms with Gasteiger partial charge in [-0.05, 0) is 93.0 Å². The summed E-state index contributed by atoms with van der Waals surface area (Å²) < 4.78 is 33.9. The number of unbranched alkanes of at least 4 members (excludes halogenated alkanes) is 1. The first kappa shape index (κ1) is 35.2. The van der Waals surface area contributed by atoms with Gasteiger partial charge in [0.2, 0.25) is 10.0 Å². The molecular formula is C36H38Cl2N4O5S. The molecule has 2 aromatic heterocycles. The number of hydrogen-bond acceptors (Lipinski definition) is 6. The molecule has 0 saturated carbocycles. The fourth-order valence-corrected chi connectivity index (χ4v) is 6.96. The minimum absolute atomic E-state index is 0.0407. The minimum Gasteiger partial charge on any atom is -0.494 e. The van der Waals surface area contributed by atoms with E-state index in [2.05, 4.69) is 19.9 Å². The van der Waals surface area contributed by atoms with Gasteiger partial charge in [-0.25, -0.2) is 13.1 Å². The van der Waals surface area contributed by atoms with E-state index in [-0.39, 0.29) is 30.1 Å². The van der Waals surface area contributed by atoms with E-state index in [1.807, 2.05) is 68.4 Å². The highest BCUT2D eigenvalue weighted by molar-refractivity contribution is 7.90. The van der Waals surface area contributed by atoms with Crippen molar-refractivity contribution in [1.82, 2.24) is 19.9 Å². The van der Waals surface area contributed by atoms with Crippen molar-refractivity contribution in [2.75, 3.05) is 12.4 Å². The number of nitrogens with zero attached hydrogens (tertiary/aromatic N) is 1. The topological polar surface area (TPSA) is 134 Å². The Kier molecular flexibility index (Phi) is 11.6. The molecule has 1 amide bonds. The Morgan fingerprint density at radius 2 is 1.65 bits per heavy atom. The average Bonchev–Trinajstić information content (AvgIpc) is 3.68. The van der Waals surface area contributed by atoms with Gasteiger partial charge in [-0.3, -0.25) is 14.7 Å². The van der Waals surface area contributed by atoms with E-state index in [1.165, 1.54) is 0 Å². The fraction of sp³-hybridized carbons (Fsp3) is 0.306. The summed E-state index contributed by atoms with van der Waals surface area (Å²) in [6, 6.07) is 20.7. The van der Waals surface area contributed by atoms with Crippen molar-refractivity contribution < 1.29 is 22.7 Å². The van der Waals surface area contributed by atoms with Gasteiger partial charge in [0, 0.05) is 45.0 Å². The Morgan fingerprint density at radius 1 is 0.896 bits per heavy atom. The van der Waals surface area contributed by atoms with Crippen LogP contribution in [0.5, 0.6) is 5.75 Å². The van der Waals surface area contributed by atoms with Gasteiger partial charge in [0.15, 0.2) is 0 Å². The molecule has 3 N–H and O–H groups in total. The number of sulfonamides is 1. The second kappa shape index (κ2) is 15.9.